The number of nitrogens with one attached hydrogen (secondary N) is 3. The molecule has 5 aromatic carbocycles. The van der Waals surface area contributed by atoms with Gasteiger partial charge in [-0.1, -0.05) is 110 Å². The molecule has 15 heteroatoms. The number of nitrogens with zero attached hydrogens (tertiary/aromatic N) is 3. The van der Waals surface area contributed by atoms with E-state index in [1.165, 1.54) is 36.4 Å². The Morgan fingerprint density at radius 1 is 0.479 bits per heavy atom. The standard InChI is InChI=1S/C58H64N6O9/c1-10-12-16-28-57(6,7)51(67)59-46-25-21-39(30-35(46)3)62-54(70)63(40-22-26-47(36(4)31-40)60-52(68)58(8,9)29-17-13-11-2)56(72)64(55(62)71)41-23-27-48(37(5)32-41)61-53(69)73-34-38-20-24-44-45(33-38)50(66)43-19-15-14-18-42(43)49(44)65/h14-15,18-27,30-33H,10-13,16-17,28-29,34H2,1-9H3,(H,59,67)(H,60,68)(H,61,69). The Balaban J connectivity index is 1.21. The van der Waals surface area contributed by atoms with Crippen molar-refractivity contribution < 1.29 is 28.7 Å². The molecule has 15 nitrogen and oxygen atoms in total. The summed E-state index contributed by atoms with van der Waals surface area (Å²) in [6, 6.07) is 25.3. The van der Waals surface area contributed by atoms with Crippen LogP contribution in [-0.2, 0) is 20.9 Å². The zero-order valence-electron chi connectivity index (χ0n) is 43.1. The first-order valence-corrected chi connectivity index (χ1v) is 24.9. The molecule has 0 fully saturated rings. The van der Waals surface area contributed by atoms with E-state index in [2.05, 4.69) is 29.8 Å². The second kappa shape index (κ2) is 21.8. The summed E-state index contributed by atoms with van der Waals surface area (Å²) in [4.78, 5) is 111. The predicted molar refractivity (Wildman–Crippen MR) is 284 cm³/mol. The van der Waals surface area contributed by atoms with Crippen LogP contribution < -0.4 is 33.0 Å². The molecule has 3 N–H and O–H groups in total. The first-order valence-electron chi connectivity index (χ1n) is 24.9. The fourth-order valence-electron chi connectivity index (χ4n) is 8.96. The highest BCUT2D eigenvalue weighted by Crippen LogP contribution is 2.31. The van der Waals surface area contributed by atoms with Gasteiger partial charge in [-0.05, 0) is 123 Å². The van der Waals surface area contributed by atoms with Crippen LogP contribution in [0, 0.1) is 31.6 Å². The minimum absolute atomic E-state index is 0.0839. The van der Waals surface area contributed by atoms with Crippen LogP contribution in [0.5, 0.6) is 0 Å². The van der Waals surface area contributed by atoms with E-state index in [0.717, 1.165) is 52.2 Å². The monoisotopic (exact) mass is 988 g/mol. The molecule has 1 aliphatic carbocycles. The minimum Gasteiger partial charge on any atom is -0.444 e. The van der Waals surface area contributed by atoms with Crippen LogP contribution in [0.15, 0.2) is 111 Å². The Morgan fingerprint density at radius 3 is 1.26 bits per heavy atom. The van der Waals surface area contributed by atoms with Gasteiger partial charge in [0.15, 0.2) is 11.6 Å². The van der Waals surface area contributed by atoms with Crippen molar-refractivity contribution >= 4 is 46.5 Å². The first kappa shape index (κ1) is 52.9. The molecule has 1 heterocycles. The van der Waals surface area contributed by atoms with Crippen molar-refractivity contribution in [3.05, 3.63) is 173 Å². The molecule has 6 aromatic rings. The van der Waals surface area contributed by atoms with E-state index in [-0.39, 0.29) is 58.2 Å². The molecule has 1 aromatic heterocycles. The average molecular weight is 989 g/mol. The van der Waals surface area contributed by atoms with Gasteiger partial charge in [-0.15, -0.1) is 0 Å². The molecule has 0 saturated carbocycles. The van der Waals surface area contributed by atoms with E-state index in [0.29, 0.717) is 63.3 Å². The van der Waals surface area contributed by atoms with Crippen LogP contribution in [0.1, 0.15) is 147 Å². The number of unbranched alkanes of at least 4 members (excludes halogenated alkanes) is 4. The largest absolute Gasteiger partial charge is 0.444 e. The summed E-state index contributed by atoms with van der Waals surface area (Å²) in [5, 5.41) is 8.72. The number of ether oxygens (including phenoxy) is 1. The van der Waals surface area contributed by atoms with Gasteiger partial charge < -0.3 is 15.4 Å². The molecule has 0 unspecified atom stereocenters. The number of amides is 3. The van der Waals surface area contributed by atoms with Gasteiger partial charge in [0.25, 0.3) is 0 Å². The maximum atomic E-state index is 14.7. The van der Waals surface area contributed by atoms with E-state index in [4.69, 9.17) is 4.74 Å². The molecule has 0 bridgehead atoms. The van der Waals surface area contributed by atoms with E-state index in [1.54, 1.807) is 81.4 Å². The van der Waals surface area contributed by atoms with Crippen LogP contribution in [-0.4, -0.2) is 43.2 Å². The molecule has 3 amide bonds. The maximum absolute atomic E-state index is 14.7. The molecule has 0 atom stereocenters. The molecule has 7 rings (SSSR count). The highest BCUT2D eigenvalue weighted by molar-refractivity contribution is 6.28. The Morgan fingerprint density at radius 2 is 0.863 bits per heavy atom. The van der Waals surface area contributed by atoms with Crippen molar-refractivity contribution in [1.29, 1.82) is 0 Å². The molecule has 380 valence electrons. The highest BCUT2D eigenvalue weighted by atomic mass is 16.5. The molecule has 0 radical (unpaired) electrons. The molecule has 0 spiro atoms. The fraction of sp³-hybridized carbons (Fsp3) is 0.345. The lowest BCUT2D eigenvalue weighted by atomic mass is 9.83. The van der Waals surface area contributed by atoms with Crippen molar-refractivity contribution in [3.63, 3.8) is 0 Å². The number of benzene rings is 5. The third kappa shape index (κ3) is 11.3. The van der Waals surface area contributed by atoms with E-state index < -0.39 is 34.0 Å². The summed E-state index contributed by atoms with van der Waals surface area (Å²) in [6.45, 7) is 16.7. The molecular formula is C58H64N6O9. The van der Waals surface area contributed by atoms with Gasteiger partial charge in [-0.3, -0.25) is 24.5 Å². The molecular weight excluding hydrogens is 925 g/mol. The quantitative estimate of drug-likeness (QED) is 0.0701. The predicted octanol–water partition coefficient (Wildman–Crippen LogP) is 10.7. The normalized spacial score (nSPS) is 12.2. The van der Waals surface area contributed by atoms with Gasteiger partial charge in [0, 0.05) is 50.1 Å². The van der Waals surface area contributed by atoms with Crippen molar-refractivity contribution in [2.24, 2.45) is 10.8 Å². The van der Waals surface area contributed by atoms with Gasteiger partial charge in [0.05, 0.1) is 17.1 Å². The number of hydrogen-bond donors (Lipinski definition) is 3. The summed E-state index contributed by atoms with van der Waals surface area (Å²) in [6.07, 6.45) is 6.45. The summed E-state index contributed by atoms with van der Waals surface area (Å²) < 4.78 is 8.16. The summed E-state index contributed by atoms with van der Waals surface area (Å²) in [5.41, 5.74) is 0.649. The molecule has 0 aliphatic heterocycles. The van der Waals surface area contributed by atoms with Gasteiger partial charge >= 0.3 is 23.2 Å². The van der Waals surface area contributed by atoms with Crippen LogP contribution in [0.2, 0.25) is 0 Å². The number of aryl methyl sites for hydroxylation is 3. The lowest BCUT2D eigenvalue weighted by Crippen LogP contribution is -2.52. The Bertz CT molecular complexity index is 3230. The molecule has 1 aliphatic rings. The molecule has 0 saturated heterocycles. The second-order valence-electron chi connectivity index (χ2n) is 20.2. The Kier molecular flexibility index (Phi) is 15.8. The number of carbonyl (C=O) groups is 5. The highest BCUT2D eigenvalue weighted by Gasteiger charge is 2.31. The van der Waals surface area contributed by atoms with E-state index >= 15 is 0 Å². The summed E-state index contributed by atoms with van der Waals surface area (Å²) in [5.74, 6) is -0.893. The smallest absolute Gasteiger partial charge is 0.411 e. The zero-order valence-corrected chi connectivity index (χ0v) is 43.1. The van der Waals surface area contributed by atoms with Gasteiger partial charge in [-0.2, -0.15) is 0 Å². The van der Waals surface area contributed by atoms with Crippen LogP contribution in [0.3, 0.4) is 0 Å². The number of rotatable bonds is 18. The number of fused-ring (bicyclic) bond motifs is 2. The maximum Gasteiger partial charge on any atom is 0.411 e. The molecule has 73 heavy (non-hydrogen) atoms. The van der Waals surface area contributed by atoms with Gasteiger partial charge in [0.2, 0.25) is 11.8 Å². The van der Waals surface area contributed by atoms with Crippen molar-refractivity contribution in [1.82, 2.24) is 13.7 Å². The number of ketones is 2. The van der Waals surface area contributed by atoms with E-state index in [9.17, 15) is 38.4 Å². The van der Waals surface area contributed by atoms with E-state index in [1.807, 2.05) is 27.7 Å². The third-order valence-corrected chi connectivity index (χ3v) is 13.7. The number of carbonyl (C=O) groups excluding carboxylic acids is 5. The Labute approximate surface area is 424 Å². The van der Waals surface area contributed by atoms with Gasteiger partial charge in [0.1, 0.15) is 6.61 Å². The third-order valence-electron chi connectivity index (χ3n) is 13.7. The fourth-order valence-corrected chi connectivity index (χ4v) is 8.96. The van der Waals surface area contributed by atoms with Crippen molar-refractivity contribution in [2.75, 3.05) is 16.0 Å². The zero-order chi connectivity index (χ0) is 52.9. The van der Waals surface area contributed by atoms with Crippen LogP contribution in [0.4, 0.5) is 21.9 Å². The minimum atomic E-state index is -0.973. The first-order chi connectivity index (χ1) is 34.7. The lowest BCUT2D eigenvalue weighted by Gasteiger charge is -2.24. The summed E-state index contributed by atoms with van der Waals surface area (Å²) in [7, 11) is 0. The van der Waals surface area contributed by atoms with Crippen molar-refractivity contribution in [2.45, 2.75) is 120 Å². The Hall–Kier alpha value is -7.94. The van der Waals surface area contributed by atoms with Crippen LogP contribution in [0.25, 0.3) is 17.1 Å². The summed E-state index contributed by atoms with van der Waals surface area (Å²) >= 11 is 0. The average Bonchev–Trinajstić information content (AvgIpc) is 3.35. The number of anilines is 3. The lowest BCUT2D eigenvalue weighted by molar-refractivity contribution is -0.125. The van der Waals surface area contributed by atoms with Gasteiger partial charge in [-0.25, -0.2) is 32.9 Å². The SMILES string of the molecule is CCCCCC(C)(C)C(=O)Nc1ccc(-n2c(=O)n(-c3ccc(NC(=O)OCc4ccc5c(c4)C(=O)c4ccccc4C5=O)c(C)c3)c(=O)n(-c3ccc(NC(=O)C(C)(C)CCCCC)c(C)c3)c2=O)cc1C. The number of hydrogen-bond acceptors (Lipinski definition) is 9. The second-order valence-corrected chi connectivity index (χ2v) is 20.2. The van der Waals surface area contributed by atoms with Crippen molar-refractivity contribution in [3.8, 4) is 17.1 Å². The number of aromatic nitrogens is 3. The van der Waals surface area contributed by atoms with Crippen LogP contribution >= 0.6 is 0 Å². The topological polar surface area (TPSA) is 197 Å².